The first-order valence-corrected chi connectivity index (χ1v) is 3.87. The second-order valence-corrected chi connectivity index (χ2v) is 2.29. The van der Waals surface area contributed by atoms with Crippen LogP contribution >= 0.6 is 0 Å². The van der Waals surface area contributed by atoms with Gasteiger partial charge in [-0.25, -0.2) is 4.79 Å². The van der Waals surface area contributed by atoms with E-state index in [-0.39, 0.29) is 12.2 Å². The van der Waals surface area contributed by atoms with Gasteiger partial charge in [-0.1, -0.05) is 0 Å². The van der Waals surface area contributed by atoms with E-state index in [0.29, 0.717) is 0 Å². The van der Waals surface area contributed by atoms with Crippen LogP contribution in [0.2, 0.25) is 0 Å². The second kappa shape index (κ2) is 4.35. The molecule has 0 aliphatic carbocycles. The molecule has 0 radical (unpaired) electrons. The average molecular weight is 179 g/mol. The quantitative estimate of drug-likeness (QED) is 0.391. The Hall–Kier alpha value is -1.71. The van der Waals surface area contributed by atoms with Crippen molar-refractivity contribution in [1.82, 2.24) is 4.98 Å². The number of hydrogen-bond acceptors (Lipinski definition) is 4. The van der Waals surface area contributed by atoms with Gasteiger partial charge in [-0.2, -0.15) is 0 Å². The van der Waals surface area contributed by atoms with Gasteiger partial charge in [0.1, 0.15) is 0 Å². The molecule has 0 saturated carbocycles. The summed E-state index contributed by atoms with van der Waals surface area (Å²) in [5, 5.41) is 0. The fourth-order valence-corrected chi connectivity index (χ4v) is 0.812. The third-order valence-electron chi connectivity index (χ3n) is 1.38. The molecule has 0 aliphatic heterocycles. The number of pyridine rings is 1. The van der Waals surface area contributed by atoms with E-state index < -0.39 is 11.8 Å². The number of Topliss-reactive ketones (excluding diaryl/α,β-unsaturated/α-hetero) is 1. The van der Waals surface area contributed by atoms with E-state index in [1.165, 1.54) is 18.5 Å². The first-order chi connectivity index (χ1) is 6.25. The van der Waals surface area contributed by atoms with E-state index in [2.05, 4.69) is 9.72 Å². The molecule has 0 amide bonds. The molecule has 0 saturated heterocycles. The lowest BCUT2D eigenvalue weighted by Crippen LogP contribution is -2.17. The maximum Gasteiger partial charge on any atom is 0.379 e. The van der Waals surface area contributed by atoms with Crippen LogP contribution in [-0.4, -0.2) is 23.3 Å². The number of hydrogen-bond donors (Lipinski definition) is 0. The maximum atomic E-state index is 11.2. The van der Waals surface area contributed by atoms with Crippen LogP contribution in [-0.2, 0) is 9.53 Å². The molecule has 1 aromatic heterocycles. The predicted octanol–water partition coefficient (Wildman–Crippen LogP) is 0.827. The summed E-state index contributed by atoms with van der Waals surface area (Å²) in [6.45, 7) is 1.85. The molecule has 0 unspecified atom stereocenters. The minimum atomic E-state index is -0.837. The molecule has 0 N–H and O–H groups in total. The van der Waals surface area contributed by atoms with Crippen LogP contribution in [0.25, 0.3) is 0 Å². The number of ether oxygens (including phenoxy) is 1. The van der Waals surface area contributed by atoms with Crippen molar-refractivity contribution in [3.05, 3.63) is 30.1 Å². The molecule has 13 heavy (non-hydrogen) atoms. The summed E-state index contributed by atoms with van der Waals surface area (Å²) in [6, 6.07) is 3.11. The number of carbonyl (C=O) groups is 2. The predicted molar refractivity (Wildman–Crippen MR) is 45.2 cm³/mol. The fourth-order valence-electron chi connectivity index (χ4n) is 0.812. The Morgan fingerprint density at radius 1 is 1.54 bits per heavy atom. The Morgan fingerprint density at radius 3 is 2.85 bits per heavy atom. The van der Waals surface area contributed by atoms with Crippen molar-refractivity contribution in [3.8, 4) is 0 Å². The highest BCUT2D eigenvalue weighted by atomic mass is 16.5. The summed E-state index contributed by atoms with van der Waals surface area (Å²) in [7, 11) is 0. The first kappa shape index (κ1) is 9.38. The van der Waals surface area contributed by atoms with E-state index in [1.54, 1.807) is 13.0 Å². The molecule has 1 heterocycles. The number of rotatable bonds is 3. The van der Waals surface area contributed by atoms with E-state index in [1.807, 2.05) is 0 Å². The molecular formula is C9H9NO3. The molecule has 68 valence electrons. The molecule has 0 atom stereocenters. The van der Waals surface area contributed by atoms with E-state index in [0.717, 1.165) is 0 Å². The van der Waals surface area contributed by atoms with Crippen LogP contribution in [0.5, 0.6) is 0 Å². The molecule has 1 aromatic rings. The van der Waals surface area contributed by atoms with Gasteiger partial charge >= 0.3 is 5.97 Å². The normalized spacial score (nSPS) is 9.31. The van der Waals surface area contributed by atoms with Gasteiger partial charge in [0, 0.05) is 18.0 Å². The fraction of sp³-hybridized carbons (Fsp3) is 0.222. The summed E-state index contributed by atoms with van der Waals surface area (Å²) in [6.07, 6.45) is 2.86. The highest BCUT2D eigenvalue weighted by Crippen LogP contribution is 1.98. The Morgan fingerprint density at radius 2 is 2.31 bits per heavy atom. The molecular weight excluding hydrogens is 170 g/mol. The summed E-state index contributed by atoms with van der Waals surface area (Å²) in [5.74, 6) is -1.49. The van der Waals surface area contributed by atoms with Gasteiger partial charge in [-0.05, 0) is 19.1 Å². The van der Waals surface area contributed by atoms with Crippen LogP contribution < -0.4 is 0 Å². The Kier molecular flexibility index (Phi) is 3.14. The SMILES string of the molecule is CCOC(=O)C(=O)c1cccnc1. The van der Waals surface area contributed by atoms with Gasteiger partial charge < -0.3 is 4.74 Å². The topological polar surface area (TPSA) is 56.3 Å². The van der Waals surface area contributed by atoms with Crippen LogP contribution in [0.3, 0.4) is 0 Å². The monoisotopic (exact) mass is 179 g/mol. The zero-order valence-corrected chi connectivity index (χ0v) is 7.19. The van der Waals surface area contributed by atoms with Gasteiger partial charge in [0.25, 0.3) is 5.78 Å². The highest BCUT2D eigenvalue weighted by molar-refractivity contribution is 6.40. The lowest BCUT2D eigenvalue weighted by Gasteiger charge is -1.99. The molecule has 0 aliphatic rings. The van der Waals surface area contributed by atoms with Gasteiger partial charge in [0.15, 0.2) is 0 Å². The molecule has 0 bridgehead atoms. The minimum absolute atomic E-state index is 0.199. The van der Waals surface area contributed by atoms with E-state index in [4.69, 9.17) is 0 Å². The number of esters is 1. The molecule has 0 spiro atoms. The summed E-state index contributed by atoms with van der Waals surface area (Å²) in [5.41, 5.74) is 0.251. The van der Waals surface area contributed by atoms with Crippen molar-refractivity contribution in [2.45, 2.75) is 6.92 Å². The Balaban J connectivity index is 2.74. The van der Waals surface area contributed by atoms with Crippen LogP contribution in [0.4, 0.5) is 0 Å². The molecule has 0 aromatic carbocycles. The number of carbonyl (C=O) groups excluding carboxylic acids is 2. The second-order valence-electron chi connectivity index (χ2n) is 2.29. The van der Waals surface area contributed by atoms with Gasteiger partial charge in [0.05, 0.1) is 6.61 Å². The zero-order chi connectivity index (χ0) is 9.68. The summed E-state index contributed by atoms with van der Waals surface area (Å²) >= 11 is 0. The standard InChI is InChI=1S/C9H9NO3/c1-2-13-9(12)8(11)7-4-3-5-10-6-7/h3-6H,2H2,1H3. The third-order valence-corrected chi connectivity index (χ3v) is 1.38. The van der Waals surface area contributed by atoms with Crippen molar-refractivity contribution < 1.29 is 14.3 Å². The number of nitrogens with zero attached hydrogens (tertiary/aromatic N) is 1. The largest absolute Gasteiger partial charge is 0.460 e. The van der Waals surface area contributed by atoms with Crippen LogP contribution in [0.15, 0.2) is 24.5 Å². The maximum absolute atomic E-state index is 11.2. The smallest absolute Gasteiger partial charge is 0.379 e. The van der Waals surface area contributed by atoms with Gasteiger partial charge in [-0.3, -0.25) is 9.78 Å². The number of aromatic nitrogens is 1. The average Bonchev–Trinajstić information content (AvgIpc) is 2.18. The Bertz CT molecular complexity index is 308. The van der Waals surface area contributed by atoms with Gasteiger partial charge in [-0.15, -0.1) is 0 Å². The summed E-state index contributed by atoms with van der Waals surface area (Å²) < 4.78 is 4.54. The minimum Gasteiger partial charge on any atom is -0.460 e. The zero-order valence-electron chi connectivity index (χ0n) is 7.19. The highest BCUT2D eigenvalue weighted by Gasteiger charge is 2.16. The lowest BCUT2D eigenvalue weighted by molar-refractivity contribution is -0.137. The summed E-state index contributed by atoms with van der Waals surface area (Å²) in [4.78, 5) is 25.9. The van der Waals surface area contributed by atoms with Crippen molar-refractivity contribution in [3.63, 3.8) is 0 Å². The van der Waals surface area contributed by atoms with Crippen molar-refractivity contribution in [2.75, 3.05) is 6.61 Å². The molecule has 4 heteroatoms. The lowest BCUT2D eigenvalue weighted by atomic mass is 10.2. The molecule has 4 nitrogen and oxygen atoms in total. The van der Waals surface area contributed by atoms with Crippen LogP contribution in [0, 0.1) is 0 Å². The third kappa shape index (κ3) is 2.37. The molecule has 1 rings (SSSR count). The van der Waals surface area contributed by atoms with E-state index >= 15 is 0 Å². The molecule has 0 fully saturated rings. The van der Waals surface area contributed by atoms with Crippen LogP contribution in [0.1, 0.15) is 17.3 Å². The first-order valence-electron chi connectivity index (χ1n) is 3.87. The number of ketones is 1. The van der Waals surface area contributed by atoms with Crippen molar-refractivity contribution >= 4 is 11.8 Å². The van der Waals surface area contributed by atoms with E-state index in [9.17, 15) is 9.59 Å². The van der Waals surface area contributed by atoms with Crippen molar-refractivity contribution in [2.24, 2.45) is 0 Å². The van der Waals surface area contributed by atoms with Gasteiger partial charge in [0.2, 0.25) is 0 Å². The Labute approximate surface area is 75.5 Å². The van der Waals surface area contributed by atoms with Crippen molar-refractivity contribution in [1.29, 1.82) is 0 Å².